The van der Waals surface area contributed by atoms with Gasteiger partial charge in [0.15, 0.2) is 5.78 Å². The molecule has 4 rings (SSSR count). The quantitative estimate of drug-likeness (QED) is 0.273. The lowest BCUT2D eigenvalue weighted by Crippen LogP contribution is -2.49. The second-order valence-electron chi connectivity index (χ2n) is 9.69. The molecule has 1 aliphatic rings. The van der Waals surface area contributed by atoms with E-state index in [0.717, 1.165) is 10.1 Å². The number of nitrogens with one attached hydrogen (secondary N) is 3. The number of hydrogen-bond acceptors (Lipinski definition) is 6. The Hall–Kier alpha value is -3.56. The molecular weight excluding hydrogens is 526 g/mol. The molecule has 8 nitrogen and oxygen atoms in total. The summed E-state index contributed by atoms with van der Waals surface area (Å²) in [6, 6.07) is 14.8. The Balaban J connectivity index is 1.53. The van der Waals surface area contributed by atoms with Crippen LogP contribution in [0.15, 0.2) is 54.6 Å². The van der Waals surface area contributed by atoms with Gasteiger partial charge < -0.3 is 10.6 Å². The Kier molecular flexibility index (Phi) is 8.28. The SMILES string of the molecule is CC(C)[C@H](NC(=O)C[C@H](NC(=O)c1sc2ccccc2c1Cl)c1ccccc1)C(=O)[C@@H]1C(=O)NC(=O)[C@H]1C. The summed E-state index contributed by atoms with van der Waals surface area (Å²) >= 11 is 7.76. The summed E-state index contributed by atoms with van der Waals surface area (Å²) in [5.74, 6) is -4.86. The molecule has 0 bridgehead atoms. The zero-order valence-corrected chi connectivity index (χ0v) is 22.7. The molecule has 0 unspecified atom stereocenters. The fourth-order valence-corrected chi connectivity index (χ4v) is 5.99. The molecule has 38 heavy (non-hydrogen) atoms. The number of carbonyl (C=O) groups excluding carboxylic acids is 5. The molecule has 4 amide bonds. The van der Waals surface area contributed by atoms with Crippen LogP contribution in [-0.4, -0.2) is 35.5 Å². The largest absolute Gasteiger partial charge is 0.346 e. The van der Waals surface area contributed by atoms with Crippen molar-refractivity contribution in [2.45, 2.75) is 39.3 Å². The zero-order chi connectivity index (χ0) is 27.6. The number of thiophene rings is 1. The van der Waals surface area contributed by atoms with Gasteiger partial charge in [0.05, 0.1) is 29.4 Å². The molecule has 2 aromatic carbocycles. The average Bonchev–Trinajstić information content (AvgIpc) is 3.36. The molecule has 198 valence electrons. The van der Waals surface area contributed by atoms with Crippen molar-refractivity contribution < 1.29 is 24.0 Å². The summed E-state index contributed by atoms with van der Waals surface area (Å²) in [4.78, 5) is 64.2. The number of carbonyl (C=O) groups is 5. The van der Waals surface area contributed by atoms with Gasteiger partial charge in [-0.25, -0.2) is 0 Å². The van der Waals surface area contributed by atoms with Crippen LogP contribution in [0, 0.1) is 17.8 Å². The van der Waals surface area contributed by atoms with Crippen LogP contribution < -0.4 is 16.0 Å². The molecule has 1 aromatic heterocycles. The molecular formula is C28H28ClN3O5S. The third-order valence-electron chi connectivity index (χ3n) is 6.68. The monoisotopic (exact) mass is 553 g/mol. The van der Waals surface area contributed by atoms with Crippen LogP contribution >= 0.6 is 22.9 Å². The minimum absolute atomic E-state index is 0.153. The van der Waals surface area contributed by atoms with Crippen LogP contribution in [-0.2, 0) is 19.2 Å². The van der Waals surface area contributed by atoms with Gasteiger partial charge in [0.1, 0.15) is 10.8 Å². The van der Waals surface area contributed by atoms with Crippen LogP contribution in [0.25, 0.3) is 10.1 Å². The number of fused-ring (bicyclic) bond motifs is 1. The van der Waals surface area contributed by atoms with Gasteiger partial charge >= 0.3 is 0 Å². The number of ketones is 1. The van der Waals surface area contributed by atoms with E-state index in [2.05, 4.69) is 16.0 Å². The standard InChI is InChI=1S/C28H28ClN3O5S/c1-14(2)23(24(34)21-15(3)26(35)32-27(21)36)31-20(33)13-18(16-9-5-4-6-10-16)30-28(37)25-22(29)17-11-7-8-12-19(17)38-25/h4-12,14-15,18,21,23H,13H2,1-3H3,(H,30,37)(H,31,33)(H,32,35,36)/t15-,18-,21+,23-/m0/s1. The molecule has 4 atom stereocenters. The molecule has 2 heterocycles. The molecule has 1 fully saturated rings. The van der Waals surface area contributed by atoms with Crippen molar-refractivity contribution in [3.63, 3.8) is 0 Å². The average molecular weight is 554 g/mol. The highest BCUT2D eigenvalue weighted by atomic mass is 35.5. The molecule has 1 saturated heterocycles. The summed E-state index contributed by atoms with van der Waals surface area (Å²) in [7, 11) is 0. The molecule has 0 spiro atoms. The first-order chi connectivity index (χ1) is 18.1. The van der Waals surface area contributed by atoms with E-state index in [-0.39, 0.29) is 12.3 Å². The van der Waals surface area contributed by atoms with E-state index >= 15 is 0 Å². The van der Waals surface area contributed by atoms with Gasteiger partial charge in [-0.2, -0.15) is 0 Å². The van der Waals surface area contributed by atoms with Crippen LogP contribution in [0.5, 0.6) is 0 Å². The van der Waals surface area contributed by atoms with Crippen molar-refractivity contribution >= 4 is 62.4 Å². The van der Waals surface area contributed by atoms with Crippen molar-refractivity contribution in [3.05, 3.63) is 70.1 Å². The summed E-state index contributed by atoms with van der Waals surface area (Å²) in [6.45, 7) is 5.02. The number of Topliss-reactive ketones (excluding diaryl/α,β-unsaturated/α-hetero) is 1. The molecule has 1 aliphatic heterocycles. The Labute approximate surface area is 229 Å². The van der Waals surface area contributed by atoms with Crippen molar-refractivity contribution in [2.75, 3.05) is 0 Å². The number of imide groups is 1. The highest BCUT2D eigenvalue weighted by Crippen LogP contribution is 2.35. The zero-order valence-electron chi connectivity index (χ0n) is 21.1. The van der Waals surface area contributed by atoms with Gasteiger partial charge in [0, 0.05) is 10.1 Å². The van der Waals surface area contributed by atoms with Gasteiger partial charge in [0.25, 0.3) is 5.91 Å². The van der Waals surface area contributed by atoms with E-state index in [1.54, 1.807) is 38.1 Å². The van der Waals surface area contributed by atoms with Gasteiger partial charge in [-0.05, 0) is 17.5 Å². The fraction of sp³-hybridized carbons (Fsp3) is 0.321. The van der Waals surface area contributed by atoms with Gasteiger partial charge in [0.2, 0.25) is 17.7 Å². The van der Waals surface area contributed by atoms with E-state index in [1.807, 2.05) is 30.3 Å². The van der Waals surface area contributed by atoms with Crippen molar-refractivity contribution in [1.29, 1.82) is 0 Å². The van der Waals surface area contributed by atoms with Crippen LogP contribution in [0.3, 0.4) is 0 Å². The third-order valence-corrected chi connectivity index (χ3v) is 8.35. The van der Waals surface area contributed by atoms with E-state index in [1.165, 1.54) is 18.3 Å². The second kappa shape index (κ2) is 11.4. The van der Waals surface area contributed by atoms with Crippen molar-refractivity contribution in [1.82, 2.24) is 16.0 Å². The summed E-state index contributed by atoms with van der Waals surface area (Å²) in [5.41, 5.74) is 0.704. The smallest absolute Gasteiger partial charge is 0.263 e. The van der Waals surface area contributed by atoms with E-state index in [4.69, 9.17) is 11.6 Å². The first kappa shape index (κ1) is 27.5. The first-order valence-corrected chi connectivity index (χ1v) is 13.5. The first-order valence-electron chi connectivity index (χ1n) is 12.3. The number of amides is 4. The Morgan fingerprint density at radius 3 is 2.24 bits per heavy atom. The fourth-order valence-electron chi connectivity index (χ4n) is 4.57. The molecule has 0 radical (unpaired) electrons. The number of rotatable bonds is 9. The normalized spacial score (nSPS) is 18.8. The third kappa shape index (κ3) is 5.63. The van der Waals surface area contributed by atoms with Gasteiger partial charge in [-0.15, -0.1) is 11.3 Å². The number of halogens is 1. The molecule has 0 saturated carbocycles. The molecule has 3 N–H and O–H groups in total. The lowest BCUT2D eigenvalue weighted by molar-refractivity contribution is -0.137. The van der Waals surface area contributed by atoms with E-state index in [9.17, 15) is 24.0 Å². The van der Waals surface area contributed by atoms with Crippen LogP contribution in [0.1, 0.15) is 48.5 Å². The second-order valence-corrected chi connectivity index (χ2v) is 11.1. The summed E-state index contributed by atoms with van der Waals surface area (Å²) in [5, 5.41) is 8.97. The lowest BCUT2D eigenvalue weighted by Gasteiger charge is -2.26. The van der Waals surface area contributed by atoms with E-state index < -0.39 is 53.3 Å². The summed E-state index contributed by atoms with van der Waals surface area (Å²) < 4.78 is 0.874. The maximum Gasteiger partial charge on any atom is 0.263 e. The predicted molar refractivity (Wildman–Crippen MR) is 146 cm³/mol. The molecule has 10 heteroatoms. The number of hydrogen-bond donors (Lipinski definition) is 3. The van der Waals surface area contributed by atoms with Gasteiger partial charge in [-0.1, -0.05) is 80.9 Å². The Bertz CT molecular complexity index is 1400. The van der Waals surface area contributed by atoms with Crippen LogP contribution in [0.4, 0.5) is 0 Å². The van der Waals surface area contributed by atoms with Gasteiger partial charge in [-0.3, -0.25) is 29.3 Å². The Morgan fingerprint density at radius 2 is 1.63 bits per heavy atom. The highest BCUT2D eigenvalue weighted by molar-refractivity contribution is 7.21. The van der Waals surface area contributed by atoms with E-state index in [0.29, 0.717) is 15.5 Å². The van der Waals surface area contributed by atoms with Crippen molar-refractivity contribution in [2.24, 2.45) is 17.8 Å². The maximum atomic E-state index is 13.3. The molecule has 3 aromatic rings. The highest BCUT2D eigenvalue weighted by Gasteiger charge is 2.46. The van der Waals surface area contributed by atoms with Crippen molar-refractivity contribution in [3.8, 4) is 0 Å². The topological polar surface area (TPSA) is 121 Å². The minimum Gasteiger partial charge on any atom is -0.346 e. The maximum absolute atomic E-state index is 13.3. The Morgan fingerprint density at radius 1 is 0.974 bits per heavy atom. The predicted octanol–water partition coefficient (Wildman–Crippen LogP) is 4.03. The lowest BCUT2D eigenvalue weighted by atomic mass is 9.85. The minimum atomic E-state index is -1.16. The van der Waals surface area contributed by atoms with Crippen LogP contribution in [0.2, 0.25) is 5.02 Å². The molecule has 0 aliphatic carbocycles. The summed E-state index contributed by atoms with van der Waals surface area (Å²) in [6.07, 6.45) is -0.153. The number of benzene rings is 2.